The van der Waals surface area contributed by atoms with E-state index in [0.29, 0.717) is 16.6 Å². The molecule has 2 rings (SSSR count). The molecule has 0 amide bonds. The summed E-state index contributed by atoms with van der Waals surface area (Å²) in [6, 6.07) is 6.55. The number of hydrogen-bond acceptors (Lipinski definition) is 2. The van der Waals surface area contributed by atoms with E-state index in [1.54, 1.807) is 6.07 Å². The first-order valence-corrected chi connectivity index (χ1v) is 8.84. The van der Waals surface area contributed by atoms with Gasteiger partial charge < -0.3 is 5.32 Å². The predicted molar refractivity (Wildman–Crippen MR) is 89.9 cm³/mol. The van der Waals surface area contributed by atoms with Gasteiger partial charge in [-0.15, -0.1) is 0 Å². The van der Waals surface area contributed by atoms with E-state index in [2.05, 4.69) is 40.0 Å². The van der Waals surface area contributed by atoms with Crippen LogP contribution in [-0.4, -0.2) is 30.1 Å². The molecule has 0 aromatic heterocycles. The molecule has 2 atom stereocenters. The molecular formula is C17H26BrFN2. The fourth-order valence-corrected chi connectivity index (χ4v) is 3.58. The van der Waals surface area contributed by atoms with Crippen LogP contribution in [-0.2, 0) is 6.54 Å². The minimum Gasteiger partial charge on any atom is -0.311 e. The molecule has 0 saturated carbocycles. The first-order valence-electron chi connectivity index (χ1n) is 8.05. The van der Waals surface area contributed by atoms with Crippen molar-refractivity contribution in [3.05, 3.63) is 34.1 Å². The van der Waals surface area contributed by atoms with Crippen molar-refractivity contribution in [3.8, 4) is 0 Å². The SMILES string of the molecule is CCCC1CN(Cc2ccc(F)c(Br)c2)C(CCC)CN1. The van der Waals surface area contributed by atoms with Crippen LogP contribution in [0.5, 0.6) is 0 Å². The molecule has 4 heteroatoms. The maximum Gasteiger partial charge on any atom is 0.137 e. The number of halogens is 2. The molecule has 1 aliphatic rings. The Morgan fingerprint density at radius 1 is 1.29 bits per heavy atom. The van der Waals surface area contributed by atoms with Gasteiger partial charge in [0.15, 0.2) is 0 Å². The number of nitrogens with zero attached hydrogens (tertiary/aromatic N) is 1. The van der Waals surface area contributed by atoms with Gasteiger partial charge in [-0.25, -0.2) is 4.39 Å². The van der Waals surface area contributed by atoms with E-state index < -0.39 is 0 Å². The Labute approximate surface area is 136 Å². The molecule has 118 valence electrons. The molecule has 0 bridgehead atoms. The molecule has 1 N–H and O–H groups in total. The molecule has 1 heterocycles. The third-order valence-corrected chi connectivity index (χ3v) is 4.85. The molecule has 2 nitrogen and oxygen atoms in total. The fraction of sp³-hybridized carbons (Fsp3) is 0.647. The molecular weight excluding hydrogens is 331 g/mol. The Balaban J connectivity index is 2.05. The average molecular weight is 357 g/mol. The highest BCUT2D eigenvalue weighted by atomic mass is 79.9. The van der Waals surface area contributed by atoms with Crippen LogP contribution in [0.15, 0.2) is 22.7 Å². The zero-order chi connectivity index (χ0) is 15.2. The van der Waals surface area contributed by atoms with Gasteiger partial charge in [-0.05, 0) is 46.5 Å². The maximum absolute atomic E-state index is 13.4. The van der Waals surface area contributed by atoms with E-state index >= 15 is 0 Å². The van der Waals surface area contributed by atoms with Crippen LogP contribution in [0.1, 0.15) is 45.1 Å². The summed E-state index contributed by atoms with van der Waals surface area (Å²) >= 11 is 3.29. The maximum atomic E-state index is 13.4. The molecule has 1 aromatic carbocycles. The van der Waals surface area contributed by atoms with E-state index in [-0.39, 0.29) is 5.82 Å². The van der Waals surface area contributed by atoms with E-state index in [1.807, 2.05) is 12.1 Å². The zero-order valence-electron chi connectivity index (χ0n) is 13.0. The van der Waals surface area contributed by atoms with Crippen LogP contribution in [0.2, 0.25) is 0 Å². The van der Waals surface area contributed by atoms with Crippen LogP contribution in [0, 0.1) is 5.82 Å². The summed E-state index contributed by atoms with van der Waals surface area (Å²) in [7, 11) is 0. The highest BCUT2D eigenvalue weighted by Gasteiger charge is 2.26. The van der Waals surface area contributed by atoms with Crippen molar-refractivity contribution in [2.45, 2.75) is 58.2 Å². The Bertz CT molecular complexity index is 452. The van der Waals surface area contributed by atoms with Crippen LogP contribution in [0.3, 0.4) is 0 Å². The molecule has 0 spiro atoms. The number of rotatable bonds is 6. The van der Waals surface area contributed by atoms with Crippen molar-refractivity contribution in [2.75, 3.05) is 13.1 Å². The van der Waals surface area contributed by atoms with Crippen LogP contribution in [0.4, 0.5) is 4.39 Å². The van der Waals surface area contributed by atoms with Crippen LogP contribution < -0.4 is 5.32 Å². The second kappa shape index (κ2) is 8.25. The van der Waals surface area contributed by atoms with Crippen LogP contribution >= 0.6 is 15.9 Å². The second-order valence-corrected chi connectivity index (χ2v) is 6.87. The average Bonchev–Trinajstić information content (AvgIpc) is 2.46. The van der Waals surface area contributed by atoms with E-state index in [4.69, 9.17) is 0 Å². The van der Waals surface area contributed by atoms with Crippen molar-refractivity contribution in [1.82, 2.24) is 10.2 Å². The Kier molecular flexibility index (Phi) is 6.65. The van der Waals surface area contributed by atoms with E-state index in [9.17, 15) is 4.39 Å². The van der Waals surface area contributed by atoms with Gasteiger partial charge in [0, 0.05) is 31.7 Å². The first-order chi connectivity index (χ1) is 10.1. The third kappa shape index (κ3) is 4.76. The highest BCUT2D eigenvalue weighted by molar-refractivity contribution is 9.10. The highest BCUT2D eigenvalue weighted by Crippen LogP contribution is 2.21. The topological polar surface area (TPSA) is 15.3 Å². The van der Waals surface area contributed by atoms with Gasteiger partial charge in [-0.1, -0.05) is 32.8 Å². The quantitative estimate of drug-likeness (QED) is 0.815. The van der Waals surface area contributed by atoms with Gasteiger partial charge in [0.2, 0.25) is 0 Å². The molecule has 0 aliphatic carbocycles. The van der Waals surface area contributed by atoms with Gasteiger partial charge in [0.1, 0.15) is 5.82 Å². The smallest absolute Gasteiger partial charge is 0.137 e. The fourth-order valence-electron chi connectivity index (χ4n) is 3.15. The van der Waals surface area contributed by atoms with E-state index in [1.165, 1.54) is 31.2 Å². The van der Waals surface area contributed by atoms with Crippen molar-refractivity contribution in [3.63, 3.8) is 0 Å². The summed E-state index contributed by atoms with van der Waals surface area (Å²) in [4.78, 5) is 2.57. The van der Waals surface area contributed by atoms with Gasteiger partial charge in [-0.3, -0.25) is 4.90 Å². The van der Waals surface area contributed by atoms with Gasteiger partial charge in [0.05, 0.1) is 4.47 Å². The molecule has 1 aliphatic heterocycles. The number of nitrogens with one attached hydrogen (secondary N) is 1. The lowest BCUT2D eigenvalue weighted by molar-refractivity contribution is 0.112. The Morgan fingerprint density at radius 2 is 2.05 bits per heavy atom. The number of hydrogen-bond donors (Lipinski definition) is 1. The van der Waals surface area contributed by atoms with Crippen molar-refractivity contribution in [2.24, 2.45) is 0 Å². The summed E-state index contributed by atoms with van der Waals surface area (Å²) in [5.74, 6) is -0.187. The molecule has 1 fully saturated rings. The molecule has 0 radical (unpaired) electrons. The van der Waals surface area contributed by atoms with Crippen LogP contribution in [0.25, 0.3) is 0 Å². The molecule has 21 heavy (non-hydrogen) atoms. The minimum absolute atomic E-state index is 0.187. The summed E-state index contributed by atoms with van der Waals surface area (Å²) in [5.41, 5.74) is 1.18. The Morgan fingerprint density at radius 3 is 2.71 bits per heavy atom. The standard InChI is InChI=1S/C17H26BrFN2/c1-3-5-14-12-21(15(6-4-2)10-20-14)11-13-7-8-17(19)16(18)9-13/h7-9,14-15,20H,3-6,10-12H2,1-2H3. The third-order valence-electron chi connectivity index (χ3n) is 4.24. The largest absolute Gasteiger partial charge is 0.311 e. The van der Waals surface area contributed by atoms with Crippen molar-refractivity contribution in [1.29, 1.82) is 0 Å². The molecule has 1 saturated heterocycles. The van der Waals surface area contributed by atoms with Gasteiger partial charge in [-0.2, -0.15) is 0 Å². The number of piperazine rings is 1. The normalized spacial score (nSPS) is 23.4. The minimum atomic E-state index is -0.187. The summed E-state index contributed by atoms with van der Waals surface area (Å²) < 4.78 is 13.9. The number of benzene rings is 1. The van der Waals surface area contributed by atoms with Crippen molar-refractivity contribution < 1.29 is 4.39 Å². The van der Waals surface area contributed by atoms with E-state index in [0.717, 1.165) is 19.6 Å². The lowest BCUT2D eigenvalue weighted by atomic mass is 10.0. The van der Waals surface area contributed by atoms with Gasteiger partial charge in [0.25, 0.3) is 0 Å². The molecule has 1 aromatic rings. The summed E-state index contributed by atoms with van der Waals surface area (Å²) in [6.07, 6.45) is 4.86. The lowest BCUT2D eigenvalue weighted by Gasteiger charge is -2.40. The van der Waals surface area contributed by atoms with Crippen molar-refractivity contribution >= 4 is 15.9 Å². The molecule has 2 unspecified atom stereocenters. The Hall–Kier alpha value is -0.450. The summed E-state index contributed by atoms with van der Waals surface area (Å²) in [6.45, 7) is 7.55. The predicted octanol–water partition coefficient (Wildman–Crippen LogP) is 4.33. The zero-order valence-corrected chi connectivity index (χ0v) is 14.6. The monoisotopic (exact) mass is 356 g/mol. The van der Waals surface area contributed by atoms with Gasteiger partial charge >= 0.3 is 0 Å². The second-order valence-electron chi connectivity index (χ2n) is 6.01. The first kappa shape index (κ1) is 16.9. The summed E-state index contributed by atoms with van der Waals surface area (Å²) in [5, 5.41) is 3.68. The lowest BCUT2D eigenvalue weighted by Crippen LogP contribution is -2.55.